The van der Waals surface area contributed by atoms with Crippen LogP contribution in [0.25, 0.3) is 16.6 Å². The standard InChI is InChI=1S/C31H25N3O2S/c1-21(29(35)34-27-17-9-5-11-22(27)19-20-23-12-6-10-18-28(23)34)37-31-32-26-16-8-7-15-25(26)30(36)33(31)24-13-3-2-4-14-24/h2-18,21H,19-20H2,1H3. The van der Waals surface area contributed by atoms with E-state index in [4.69, 9.17) is 4.98 Å². The van der Waals surface area contributed by atoms with Gasteiger partial charge in [-0.15, -0.1) is 0 Å². The first-order valence-corrected chi connectivity index (χ1v) is 13.2. The number of anilines is 2. The molecule has 5 nitrogen and oxygen atoms in total. The predicted molar refractivity (Wildman–Crippen MR) is 150 cm³/mol. The minimum Gasteiger partial charge on any atom is -0.280 e. The average molecular weight is 504 g/mol. The largest absolute Gasteiger partial charge is 0.280 e. The number of para-hydroxylation sites is 4. The fraction of sp³-hybridized carbons (Fsp3) is 0.129. The van der Waals surface area contributed by atoms with Crippen LogP contribution in [-0.2, 0) is 17.6 Å². The molecular weight excluding hydrogens is 478 g/mol. The van der Waals surface area contributed by atoms with Crippen molar-refractivity contribution in [2.45, 2.75) is 30.2 Å². The lowest BCUT2D eigenvalue weighted by molar-refractivity contribution is -0.117. The lowest BCUT2D eigenvalue weighted by atomic mass is 10.0. The van der Waals surface area contributed by atoms with Gasteiger partial charge in [0.1, 0.15) is 0 Å². The molecule has 6 heteroatoms. The number of thioether (sulfide) groups is 1. The summed E-state index contributed by atoms with van der Waals surface area (Å²) in [5.41, 5.74) is 5.31. The van der Waals surface area contributed by atoms with Crippen LogP contribution in [0, 0.1) is 0 Å². The van der Waals surface area contributed by atoms with E-state index in [0.29, 0.717) is 16.1 Å². The van der Waals surface area contributed by atoms with E-state index in [1.54, 1.807) is 10.6 Å². The van der Waals surface area contributed by atoms with Crippen molar-refractivity contribution in [1.82, 2.24) is 9.55 Å². The SMILES string of the molecule is CC(Sc1nc2ccccc2c(=O)n1-c1ccccc1)C(=O)N1c2ccccc2CCc2ccccc21. The second-order valence-electron chi connectivity index (χ2n) is 9.08. The van der Waals surface area contributed by atoms with E-state index in [2.05, 4.69) is 12.1 Å². The van der Waals surface area contributed by atoms with Crippen molar-refractivity contribution in [2.24, 2.45) is 0 Å². The number of fused-ring (bicyclic) bond motifs is 3. The number of rotatable bonds is 4. The predicted octanol–water partition coefficient (Wildman–Crippen LogP) is 6.33. The Morgan fingerprint density at radius 1 is 0.784 bits per heavy atom. The molecule has 1 unspecified atom stereocenters. The Labute approximate surface area is 219 Å². The van der Waals surface area contributed by atoms with E-state index >= 15 is 0 Å². The van der Waals surface area contributed by atoms with Crippen LogP contribution in [0.2, 0.25) is 0 Å². The molecule has 5 aromatic rings. The third-order valence-electron chi connectivity index (χ3n) is 6.74. The number of amides is 1. The molecule has 0 aliphatic carbocycles. The molecule has 0 radical (unpaired) electrons. The first-order chi connectivity index (χ1) is 18.1. The van der Waals surface area contributed by atoms with Crippen molar-refractivity contribution >= 4 is 39.9 Å². The van der Waals surface area contributed by atoms with Crippen molar-refractivity contribution in [3.8, 4) is 5.69 Å². The van der Waals surface area contributed by atoms with Crippen molar-refractivity contribution < 1.29 is 4.79 Å². The van der Waals surface area contributed by atoms with E-state index in [1.165, 1.54) is 11.8 Å². The van der Waals surface area contributed by atoms with Gasteiger partial charge in [-0.05, 0) is 67.3 Å². The van der Waals surface area contributed by atoms with Crippen LogP contribution in [0.5, 0.6) is 0 Å². The maximum absolute atomic E-state index is 14.2. The summed E-state index contributed by atoms with van der Waals surface area (Å²) in [5, 5.41) is 0.541. The average Bonchev–Trinajstić information content (AvgIpc) is 3.10. The fourth-order valence-electron chi connectivity index (χ4n) is 4.90. The van der Waals surface area contributed by atoms with Gasteiger partial charge in [0.05, 0.1) is 33.2 Å². The second kappa shape index (κ2) is 9.71. The molecule has 1 amide bonds. The minimum atomic E-state index is -0.498. The zero-order chi connectivity index (χ0) is 25.4. The molecular formula is C31H25N3O2S. The Morgan fingerprint density at radius 2 is 1.35 bits per heavy atom. The molecule has 37 heavy (non-hydrogen) atoms. The number of aryl methyl sites for hydroxylation is 2. The minimum absolute atomic E-state index is 0.0474. The van der Waals surface area contributed by atoms with Gasteiger partial charge in [0.25, 0.3) is 5.56 Å². The summed E-state index contributed by atoms with van der Waals surface area (Å²) in [4.78, 5) is 34.4. The zero-order valence-electron chi connectivity index (χ0n) is 20.4. The van der Waals surface area contributed by atoms with Crippen molar-refractivity contribution in [3.05, 3.63) is 125 Å². The Balaban J connectivity index is 1.45. The smallest absolute Gasteiger partial charge is 0.266 e. The number of hydrogen-bond acceptors (Lipinski definition) is 4. The molecule has 182 valence electrons. The van der Waals surface area contributed by atoms with E-state index in [-0.39, 0.29) is 11.5 Å². The Bertz CT molecular complexity index is 1630. The number of carbonyl (C=O) groups is 1. The summed E-state index contributed by atoms with van der Waals surface area (Å²) in [6.07, 6.45) is 1.75. The first-order valence-electron chi connectivity index (χ1n) is 12.4. The van der Waals surface area contributed by atoms with Crippen LogP contribution in [0.3, 0.4) is 0 Å². The highest BCUT2D eigenvalue weighted by atomic mass is 32.2. The molecule has 1 aliphatic rings. The number of benzene rings is 4. The van der Waals surface area contributed by atoms with Crippen LogP contribution in [0.4, 0.5) is 11.4 Å². The zero-order valence-corrected chi connectivity index (χ0v) is 21.2. The van der Waals surface area contributed by atoms with Gasteiger partial charge in [-0.1, -0.05) is 78.5 Å². The lowest BCUT2D eigenvalue weighted by Gasteiger charge is -2.27. The van der Waals surface area contributed by atoms with Gasteiger partial charge in [0.15, 0.2) is 5.16 Å². The van der Waals surface area contributed by atoms with Gasteiger partial charge in [0.2, 0.25) is 5.91 Å². The van der Waals surface area contributed by atoms with Crippen LogP contribution in [-0.4, -0.2) is 20.7 Å². The molecule has 0 N–H and O–H groups in total. The molecule has 4 aromatic carbocycles. The molecule has 6 rings (SSSR count). The molecule has 0 fully saturated rings. The molecule has 1 aromatic heterocycles. The van der Waals surface area contributed by atoms with Gasteiger partial charge >= 0.3 is 0 Å². The summed E-state index contributed by atoms with van der Waals surface area (Å²) in [6, 6.07) is 33.0. The normalized spacial score (nSPS) is 13.5. The highest BCUT2D eigenvalue weighted by Gasteiger charge is 2.30. The summed E-state index contributed by atoms with van der Waals surface area (Å²) >= 11 is 1.31. The maximum atomic E-state index is 14.2. The summed E-state index contributed by atoms with van der Waals surface area (Å²) in [6.45, 7) is 1.89. The molecule has 1 aliphatic heterocycles. The highest BCUT2D eigenvalue weighted by molar-refractivity contribution is 8.00. The van der Waals surface area contributed by atoms with Gasteiger partial charge in [0, 0.05) is 0 Å². The van der Waals surface area contributed by atoms with Gasteiger partial charge in [-0.3, -0.25) is 19.1 Å². The van der Waals surface area contributed by atoms with Gasteiger partial charge in [-0.2, -0.15) is 0 Å². The van der Waals surface area contributed by atoms with Crippen LogP contribution >= 0.6 is 11.8 Å². The monoisotopic (exact) mass is 503 g/mol. The quantitative estimate of drug-likeness (QED) is 0.212. The van der Waals surface area contributed by atoms with Crippen molar-refractivity contribution in [2.75, 3.05) is 4.90 Å². The van der Waals surface area contributed by atoms with E-state index < -0.39 is 5.25 Å². The summed E-state index contributed by atoms with van der Waals surface area (Å²) in [5.74, 6) is -0.0474. The fourth-order valence-corrected chi connectivity index (χ4v) is 5.87. The third kappa shape index (κ3) is 4.23. The first kappa shape index (κ1) is 23.3. The second-order valence-corrected chi connectivity index (χ2v) is 10.4. The Morgan fingerprint density at radius 3 is 2.03 bits per heavy atom. The number of hydrogen-bond donors (Lipinski definition) is 0. The maximum Gasteiger partial charge on any atom is 0.266 e. The number of nitrogens with zero attached hydrogens (tertiary/aromatic N) is 3. The van der Waals surface area contributed by atoms with Crippen LogP contribution in [0.1, 0.15) is 18.1 Å². The van der Waals surface area contributed by atoms with E-state index in [9.17, 15) is 9.59 Å². The highest BCUT2D eigenvalue weighted by Crippen LogP contribution is 2.38. The number of carbonyl (C=O) groups excluding carboxylic acids is 1. The van der Waals surface area contributed by atoms with Gasteiger partial charge in [-0.25, -0.2) is 4.98 Å². The molecule has 0 bridgehead atoms. The topological polar surface area (TPSA) is 55.2 Å². The number of aromatic nitrogens is 2. The van der Waals surface area contributed by atoms with E-state index in [1.807, 2.05) is 96.8 Å². The molecule has 0 saturated carbocycles. The molecule has 0 spiro atoms. The van der Waals surface area contributed by atoms with Crippen LogP contribution < -0.4 is 10.5 Å². The Kier molecular flexibility index (Phi) is 6.10. The Hall–Kier alpha value is -4.16. The van der Waals surface area contributed by atoms with Crippen molar-refractivity contribution in [1.29, 1.82) is 0 Å². The van der Waals surface area contributed by atoms with E-state index in [0.717, 1.165) is 41.0 Å². The summed E-state index contributed by atoms with van der Waals surface area (Å²) < 4.78 is 1.61. The molecule has 1 atom stereocenters. The molecule has 2 heterocycles. The third-order valence-corrected chi connectivity index (χ3v) is 7.78. The van der Waals surface area contributed by atoms with Crippen LogP contribution in [0.15, 0.2) is 113 Å². The molecule has 0 saturated heterocycles. The lowest BCUT2D eigenvalue weighted by Crippen LogP contribution is -2.34. The van der Waals surface area contributed by atoms with Crippen molar-refractivity contribution in [3.63, 3.8) is 0 Å². The van der Waals surface area contributed by atoms with Gasteiger partial charge < -0.3 is 0 Å². The summed E-state index contributed by atoms with van der Waals surface area (Å²) in [7, 11) is 0.